The van der Waals surface area contributed by atoms with Gasteiger partial charge < -0.3 is 10.6 Å². The van der Waals surface area contributed by atoms with Gasteiger partial charge in [-0.3, -0.25) is 9.89 Å². The molecule has 2 N–H and O–H groups in total. The van der Waals surface area contributed by atoms with Crippen molar-refractivity contribution in [2.45, 2.75) is 52.1 Å². The molecule has 2 heterocycles. The van der Waals surface area contributed by atoms with Gasteiger partial charge in [0.1, 0.15) is 0 Å². The SMILES string of the molecule is CCNC(=NCCC1CCN(CC(F)(F)F)CC1)NCCc1ncc(CC)s1. The normalized spacial score (nSPS) is 17.1. The van der Waals surface area contributed by atoms with Crippen LogP contribution in [-0.2, 0) is 12.8 Å². The Morgan fingerprint density at radius 2 is 2.04 bits per heavy atom. The first-order valence-electron chi connectivity index (χ1n) is 10.1. The van der Waals surface area contributed by atoms with Gasteiger partial charge >= 0.3 is 6.18 Å². The molecule has 1 aliphatic heterocycles. The van der Waals surface area contributed by atoms with Crippen LogP contribution in [-0.4, -0.2) is 61.3 Å². The number of nitrogens with one attached hydrogen (secondary N) is 2. The van der Waals surface area contributed by atoms with Crippen molar-refractivity contribution in [3.63, 3.8) is 0 Å². The number of hydrogen-bond acceptors (Lipinski definition) is 4. The molecule has 0 bridgehead atoms. The Hall–Kier alpha value is -1.35. The molecule has 0 unspecified atom stereocenters. The Kier molecular flexibility index (Phi) is 9.50. The summed E-state index contributed by atoms with van der Waals surface area (Å²) in [6.45, 7) is 6.69. The fraction of sp³-hybridized carbons (Fsp3) is 0.789. The fourth-order valence-corrected chi connectivity index (χ4v) is 4.16. The molecule has 1 aromatic heterocycles. The number of aromatic nitrogens is 1. The minimum Gasteiger partial charge on any atom is -0.357 e. The van der Waals surface area contributed by atoms with Gasteiger partial charge in [0, 0.05) is 37.1 Å². The first-order chi connectivity index (χ1) is 13.4. The second kappa shape index (κ2) is 11.6. The van der Waals surface area contributed by atoms with Crippen molar-refractivity contribution in [3.8, 4) is 0 Å². The molecule has 9 heteroatoms. The lowest BCUT2D eigenvalue weighted by molar-refractivity contribution is -0.148. The molecule has 160 valence electrons. The maximum atomic E-state index is 12.5. The number of guanidine groups is 1. The zero-order valence-electron chi connectivity index (χ0n) is 16.8. The van der Waals surface area contributed by atoms with E-state index in [2.05, 4.69) is 27.5 Å². The van der Waals surface area contributed by atoms with Gasteiger partial charge in [-0.15, -0.1) is 11.3 Å². The molecule has 1 aliphatic rings. The van der Waals surface area contributed by atoms with Crippen LogP contribution in [0.3, 0.4) is 0 Å². The predicted molar refractivity (Wildman–Crippen MR) is 109 cm³/mol. The van der Waals surface area contributed by atoms with E-state index in [4.69, 9.17) is 0 Å². The molecule has 0 amide bonds. The molecule has 0 aromatic carbocycles. The zero-order valence-corrected chi connectivity index (χ0v) is 17.6. The van der Waals surface area contributed by atoms with Crippen LogP contribution in [0.15, 0.2) is 11.2 Å². The zero-order chi connectivity index (χ0) is 20.4. The molecule has 0 radical (unpaired) electrons. The number of alkyl halides is 3. The summed E-state index contributed by atoms with van der Waals surface area (Å²) in [7, 11) is 0. The third kappa shape index (κ3) is 8.77. The Morgan fingerprint density at radius 3 is 2.64 bits per heavy atom. The van der Waals surface area contributed by atoms with Crippen molar-refractivity contribution in [2.24, 2.45) is 10.9 Å². The first-order valence-corrected chi connectivity index (χ1v) is 11.0. The van der Waals surface area contributed by atoms with Crippen molar-refractivity contribution >= 4 is 17.3 Å². The largest absolute Gasteiger partial charge is 0.401 e. The highest BCUT2D eigenvalue weighted by Crippen LogP contribution is 2.24. The van der Waals surface area contributed by atoms with E-state index >= 15 is 0 Å². The smallest absolute Gasteiger partial charge is 0.357 e. The van der Waals surface area contributed by atoms with Crippen LogP contribution in [0.2, 0.25) is 0 Å². The summed E-state index contributed by atoms with van der Waals surface area (Å²) in [5, 5.41) is 7.71. The highest BCUT2D eigenvalue weighted by Gasteiger charge is 2.32. The molecule has 0 saturated carbocycles. The van der Waals surface area contributed by atoms with Gasteiger partial charge in [-0.1, -0.05) is 6.92 Å². The van der Waals surface area contributed by atoms with E-state index < -0.39 is 12.7 Å². The van der Waals surface area contributed by atoms with Gasteiger partial charge in [-0.05, 0) is 51.6 Å². The van der Waals surface area contributed by atoms with Crippen LogP contribution in [0.4, 0.5) is 13.2 Å². The third-order valence-electron chi connectivity index (χ3n) is 4.84. The highest BCUT2D eigenvalue weighted by atomic mass is 32.1. The van der Waals surface area contributed by atoms with Crippen LogP contribution >= 0.6 is 11.3 Å². The molecule has 1 aromatic rings. The first kappa shape index (κ1) is 22.9. The van der Waals surface area contributed by atoms with Gasteiger partial charge in [0.15, 0.2) is 5.96 Å². The summed E-state index contributed by atoms with van der Waals surface area (Å²) < 4.78 is 37.4. The average Bonchev–Trinajstić information content (AvgIpc) is 3.10. The van der Waals surface area contributed by atoms with Gasteiger partial charge in [-0.25, -0.2) is 4.98 Å². The molecule has 0 aliphatic carbocycles. The Labute approximate surface area is 169 Å². The summed E-state index contributed by atoms with van der Waals surface area (Å²) >= 11 is 1.75. The summed E-state index contributed by atoms with van der Waals surface area (Å²) in [5.74, 6) is 1.25. The van der Waals surface area contributed by atoms with Gasteiger partial charge in [0.05, 0.1) is 11.6 Å². The second-order valence-electron chi connectivity index (χ2n) is 7.13. The summed E-state index contributed by atoms with van der Waals surface area (Å²) in [5.41, 5.74) is 0. The van der Waals surface area contributed by atoms with Gasteiger partial charge in [0.2, 0.25) is 0 Å². The van der Waals surface area contributed by atoms with E-state index in [1.807, 2.05) is 13.1 Å². The van der Waals surface area contributed by atoms with Crippen molar-refractivity contribution in [1.82, 2.24) is 20.5 Å². The number of piperidine rings is 1. The molecular formula is C19H32F3N5S. The van der Waals surface area contributed by atoms with Crippen LogP contribution in [0.5, 0.6) is 0 Å². The standard InChI is InChI=1S/C19H32F3N5S/c1-3-16-13-26-17(28-16)6-10-25-18(23-4-2)24-9-5-15-7-11-27(12-8-15)14-19(20,21)22/h13,15H,3-12,14H2,1-2H3,(H2,23,24,25). The minimum absolute atomic E-state index is 0.457. The van der Waals surface area contributed by atoms with Crippen molar-refractivity contribution in [3.05, 3.63) is 16.1 Å². The number of thiazole rings is 1. The lowest BCUT2D eigenvalue weighted by Gasteiger charge is -2.32. The second-order valence-corrected chi connectivity index (χ2v) is 8.33. The Morgan fingerprint density at radius 1 is 1.29 bits per heavy atom. The quantitative estimate of drug-likeness (QED) is 0.475. The number of hydrogen-bond donors (Lipinski definition) is 2. The molecule has 5 nitrogen and oxygen atoms in total. The maximum absolute atomic E-state index is 12.5. The lowest BCUT2D eigenvalue weighted by Crippen LogP contribution is -2.40. The Balaban J connectivity index is 1.68. The Bertz CT molecular complexity index is 595. The average molecular weight is 420 g/mol. The summed E-state index contributed by atoms with van der Waals surface area (Å²) in [6, 6.07) is 0. The van der Waals surface area contributed by atoms with Crippen LogP contribution in [0.25, 0.3) is 0 Å². The molecule has 1 fully saturated rings. The number of nitrogens with zero attached hydrogens (tertiary/aromatic N) is 3. The molecular weight excluding hydrogens is 387 g/mol. The molecule has 0 spiro atoms. The van der Waals surface area contributed by atoms with Crippen molar-refractivity contribution in [2.75, 3.05) is 39.3 Å². The fourth-order valence-electron chi connectivity index (χ4n) is 3.30. The summed E-state index contributed by atoms with van der Waals surface area (Å²) in [6.07, 6.45) is 2.29. The highest BCUT2D eigenvalue weighted by molar-refractivity contribution is 7.11. The number of aryl methyl sites for hydroxylation is 1. The third-order valence-corrected chi connectivity index (χ3v) is 6.04. The minimum atomic E-state index is -4.10. The van der Waals surface area contributed by atoms with Crippen molar-refractivity contribution in [1.29, 1.82) is 0 Å². The predicted octanol–water partition coefficient (Wildman–Crippen LogP) is 3.47. The van der Waals surface area contributed by atoms with Crippen molar-refractivity contribution < 1.29 is 13.2 Å². The van der Waals surface area contributed by atoms with Crippen LogP contribution in [0, 0.1) is 5.92 Å². The van der Waals surface area contributed by atoms with E-state index in [9.17, 15) is 13.2 Å². The van der Waals surface area contributed by atoms with E-state index in [0.29, 0.717) is 25.6 Å². The molecule has 2 rings (SSSR count). The van der Waals surface area contributed by atoms with E-state index in [0.717, 1.165) is 56.2 Å². The monoisotopic (exact) mass is 419 g/mol. The van der Waals surface area contributed by atoms with E-state index in [1.54, 1.807) is 11.3 Å². The van der Waals surface area contributed by atoms with E-state index in [-0.39, 0.29) is 0 Å². The number of likely N-dealkylation sites (tertiary alicyclic amines) is 1. The lowest BCUT2D eigenvalue weighted by atomic mass is 9.93. The van der Waals surface area contributed by atoms with Crippen LogP contribution < -0.4 is 10.6 Å². The number of aliphatic imine (C=N–C) groups is 1. The van der Waals surface area contributed by atoms with Gasteiger partial charge in [-0.2, -0.15) is 13.2 Å². The molecule has 0 atom stereocenters. The number of rotatable bonds is 9. The summed E-state index contributed by atoms with van der Waals surface area (Å²) in [4.78, 5) is 11.9. The topological polar surface area (TPSA) is 52.6 Å². The van der Waals surface area contributed by atoms with Crippen LogP contribution in [0.1, 0.15) is 43.0 Å². The van der Waals surface area contributed by atoms with Gasteiger partial charge in [0.25, 0.3) is 0 Å². The maximum Gasteiger partial charge on any atom is 0.401 e. The molecule has 1 saturated heterocycles. The molecule has 28 heavy (non-hydrogen) atoms. The number of halogens is 3. The van der Waals surface area contributed by atoms with E-state index in [1.165, 1.54) is 9.78 Å².